The molecule has 0 aliphatic carbocycles. The lowest BCUT2D eigenvalue weighted by Gasteiger charge is -1.93. The van der Waals surface area contributed by atoms with E-state index in [1.165, 1.54) is 6.08 Å². The van der Waals surface area contributed by atoms with Gasteiger partial charge in [-0.1, -0.05) is 0 Å². The summed E-state index contributed by atoms with van der Waals surface area (Å²) in [5, 5.41) is 0.104. The van der Waals surface area contributed by atoms with Crippen molar-refractivity contribution in [1.82, 2.24) is 0 Å². The first-order valence-corrected chi connectivity index (χ1v) is 2.88. The molecule has 0 saturated carbocycles. The molecule has 0 bridgehead atoms. The van der Waals surface area contributed by atoms with Crippen molar-refractivity contribution in [3.63, 3.8) is 0 Å². The quantitative estimate of drug-likeness (QED) is 0.325. The fraction of sp³-hybridized carbons (Fsp3) is 0.800. The van der Waals surface area contributed by atoms with Crippen LogP contribution < -0.4 is 0 Å². The minimum absolute atomic E-state index is 0.104. The van der Waals surface area contributed by atoms with Crippen LogP contribution in [-0.4, -0.2) is 18.0 Å². The highest BCUT2D eigenvalue weighted by atomic mass is 35.5. The molecule has 0 fully saturated rings. The summed E-state index contributed by atoms with van der Waals surface area (Å²) in [5.74, 6) is 0. The Bertz CT molecular complexity index is 96.6. The Morgan fingerprint density at radius 3 is 2.88 bits per heavy atom. The van der Waals surface area contributed by atoms with E-state index in [9.17, 15) is 4.79 Å². The first-order chi connectivity index (χ1) is 3.77. The average Bonchev–Trinajstić information content (AvgIpc) is 1.66. The summed E-state index contributed by atoms with van der Waals surface area (Å²) in [7, 11) is 0. The molecule has 0 N–H and O–H groups in total. The highest BCUT2D eigenvalue weighted by Gasteiger charge is 1.91. The monoisotopic (exact) mass is 133 g/mol. The fourth-order valence-electron chi connectivity index (χ4n) is 0.288. The minimum atomic E-state index is 0.104. The fourth-order valence-corrected chi connectivity index (χ4v) is 0.386. The average molecular weight is 134 g/mol. The molecular weight excluding hydrogens is 126 g/mol. The van der Waals surface area contributed by atoms with Gasteiger partial charge in [-0.05, 0) is 13.3 Å². The third-order valence-electron chi connectivity index (χ3n) is 0.703. The van der Waals surface area contributed by atoms with Gasteiger partial charge in [0, 0.05) is 5.38 Å². The van der Waals surface area contributed by atoms with E-state index in [0.29, 0.717) is 6.54 Å². The van der Waals surface area contributed by atoms with Crippen molar-refractivity contribution in [3.8, 4) is 0 Å². The molecule has 1 unspecified atom stereocenters. The number of carbonyl (C=O) groups excluding carboxylic acids is 1. The van der Waals surface area contributed by atoms with Gasteiger partial charge in [0.15, 0.2) is 0 Å². The minimum Gasteiger partial charge on any atom is -0.211 e. The van der Waals surface area contributed by atoms with Gasteiger partial charge < -0.3 is 0 Å². The van der Waals surface area contributed by atoms with Gasteiger partial charge in [0.2, 0.25) is 6.08 Å². The van der Waals surface area contributed by atoms with Crippen molar-refractivity contribution in [1.29, 1.82) is 0 Å². The summed E-state index contributed by atoms with van der Waals surface area (Å²) < 4.78 is 0. The van der Waals surface area contributed by atoms with Crippen LogP contribution in [0.2, 0.25) is 0 Å². The predicted octanol–water partition coefficient (Wildman–Crippen LogP) is 1.34. The first kappa shape index (κ1) is 7.67. The lowest BCUT2D eigenvalue weighted by atomic mass is 10.3. The van der Waals surface area contributed by atoms with Gasteiger partial charge in [0.1, 0.15) is 0 Å². The van der Waals surface area contributed by atoms with Crippen molar-refractivity contribution < 1.29 is 4.79 Å². The Morgan fingerprint density at radius 1 is 1.88 bits per heavy atom. The SMILES string of the molecule is CC(Cl)CCN=C=O. The number of hydrogen-bond donors (Lipinski definition) is 0. The predicted molar refractivity (Wildman–Crippen MR) is 32.9 cm³/mol. The van der Waals surface area contributed by atoms with Gasteiger partial charge in [0.25, 0.3) is 0 Å². The Balaban J connectivity index is 3.05. The molecule has 0 aromatic carbocycles. The molecule has 0 radical (unpaired) electrons. The van der Waals surface area contributed by atoms with Gasteiger partial charge in [-0.2, -0.15) is 0 Å². The zero-order valence-corrected chi connectivity index (χ0v) is 5.48. The number of hydrogen-bond acceptors (Lipinski definition) is 2. The summed E-state index contributed by atoms with van der Waals surface area (Å²) >= 11 is 5.52. The van der Waals surface area contributed by atoms with Gasteiger partial charge in [-0.15, -0.1) is 11.6 Å². The zero-order chi connectivity index (χ0) is 6.41. The largest absolute Gasteiger partial charge is 0.234 e. The normalized spacial score (nSPS) is 12.2. The van der Waals surface area contributed by atoms with Crippen LogP contribution in [0, 0.1) is 0 Å². The van der Waals surface area contributed by atoms with Crippen LogP contribution >= 0.6 is 11.6 Å². The molecule has 3 heteroatoms. The van der Waals surface area contributed by atoms with Crippen LogP contribution in [0.3, 0.4) is 0 Å². The lowest BCUT2D eigenvalue weighted by molar-refractivity contribution is 0.562. The maximum atomic E-state index is 9.45. The Hall–Kier alpha value is -0.330. The van der Waals surface area contributed by atoms with Crippen LogP contribution in [0.1, 0.15) is 13.3 Å². The number of rotatable bonds is 3. The van der Waals surface area contributed by atoms with Crippen molar-refractivity contribution in [2.75, 3.05) is 6.54 Å². The van der Waals surface area contributed by atoms with Crippen molar-refractivity contribution in [2.24, 2.45) is 4.99 Å². The van der Waals surface area contributed by atoms with Crippen LogP contribution in [-0.2, 0) is 4.79 Å². The molecule has 0 aliphatic heterocycles. The third-order valence-corrected chi connectivity index (χ3v) is 0.921. The molecule has 8 heavy (non-hydrogen) atoms. The van der Waals surface area contributed by atoms with Gasteiger partial charge in [0.05, 0.1) is 6.54 Å². The number of halogens is 1. The molecule has 0 rings (SSSR count). The van der Waals surface area contributed by atoms with Crippen molar-refractivity contribution in [2.45, 2.75) is 18.7 Å². The molecule has 0 saturated heterocycles. The standard InChI is InChI=1S/C5H8ClNO/c1-5(6)2-3-7-4-8/h5H,2-3H2,1H3. The van der Waals surface area contributed by atoms with E-state index in [4.69, 9.17) is 11.6 Å². The van der Waals surface area contributed by atoms with E-state index >= 15 is 0 Å². The Morgan fingerprint density at radius 2 is 2.50 bits per heavy atom. The first-order valence-electron chi connectivity index (χ1n) is 2.45. The second kappa shape index (κ2) is 4.82. The smallest absolute Gasteiger partial charge is 0.211 e. The molecule has 0 amide bonds. The van der Waals surface area contributed by atoms with E-state index in [2.05, 4.69) is 4.99 Å². The lowest BCUT2D eigenvalue weighted by Crippen LogP contribution is -1.92. The summed E-state index contributed by atoms with van der Waals surface area (Å²) in [6.45, 7) is 2.36. The van der Waals surface area contributed by atoms with E-state index in [1.807, 2.05) is 6.92 Å². The summed E-state index contributed by atoms with van der Waals surface area (Å²) in [6, 6.07) is 0. The van der Waals surface area contributed by atoms with Crippen molar-refractivity contribution in [3.05, 3.63) is 0 Å². The summed E-state index contributed by atoms with van der Waals surface area (Å²) in [6.07, 6.45) is 2.19. The maximum absolute atomic E-state index is 9.45. The third kappa shape index (κ3) is 5.67. The Labute approximate surface area is 53.6 Å². The van der Waals surface area contributed by atoms with Crippen LogP contribution in [0.5, 0.6) is 0 Å². The highest BCUT2D eigenvalue weighted by molar-refractivity contribution is 6.20. The molecule has 0 heterocycles. The van der Waals surface area contributed by atoms with E-state index < -0.39 is 0 Å². The highest BCUT2D eigenvalue weighted by Crippen LogP contribution is 1.98. The second-order valence-corrected chi connectivity index (χ2v) is 2.29. The topological polar surface area (TPSA) is 29.4 Å². The van der Waals surface area contributed by atoms with Crippen LogP contribution in [0.4, 0.5) is 0 Å². The van der Waals surface area contributed by atoms with E-state index in [1.54, 1.807) is 0 Å². The zero-order valence-electron chi connectivity index (χ0n) is 4.72. The molecule has 0 aromatic rings. The number of alkyl halides is 1. The molecule has 0 aromatic heterocycles. The van der Waals surface area contributed by atoms with Crippen LogP contribution in [0.15, 0.2) is 4.99 Å². The van der Waals surface area contributed by atoms with E-state index in [0.717, 1.165) is 6.42 Å². The van der Waals surface area contributed by atoms with Crippen LogP contribution in [0.25, 0.3) is 0 Å². The van der Waals surface area contributed by atoms with E-state index in [-0.39, 0.29) is 5.38 Å². The van der Waals surface area contributed by atoms with Crippen molar-refractivity contribution >= 4 is 17.7 Å². The summed E-state index contributed by atoms with van der Waals surface area (Å²) in [5.41, 5.74) is 0. The number of nitrogens with zero attached hydrogens (tertiary/aromatic N) is 1. The number of isocyanates is 1. The molecule has 0 spiro atoms. The molecule has 46 valence electrons. The molecule has 2 nitrogen and oxygen atoms in total. The molecule has 1 atom stereocenters. The second-order valence-electron chi connectivity index (χ2n) is 1.54. The van der Waals surface area contributed by atoms with Gasteiger partial charge in [-0.3, -0.25) is 0 Å². The molecular formula is C5H8ClNO. The number of aliphatic imine (C=N–C) groups is 1. The van der Waals surface area contributed by atoms with Gasteiger partial charge in [-0.25, -0.2) is 9.79 Å². The summed E-state index contributed by atoms with van der Waals surface area (Å²) in [4.78, 5) is 12.8. The van der Waals surface area contributed by atoms with Gasteiger partial charge >= 0.3 is 0 Å². The Kier molecular flexibility index (Phi) is 4.62. The molecule has 0 aliphatic rings. The maximum Gasteiger partial charge on any atom is 0.234 e.